The second kappa shape index (κ2) is 2.49. The van der Waals surface area contributed by atoms with E-state index in [1.165, 1.54) is 19.1 Å². The van der Waals surface area contributed by atoms with Gasteiger partial charge in [0.1, 0.15) is 0 Å². The lowest BCUT2D eigenvalue weighted by molar-refractivity contribution is -0.149. The van der Waals surface area contributed by atoms with E-state index in [9.17, 15) is 9.18 Å². The fourth-order valence-corrected chi connectivity index (χ4v) is 0.984. The Hall–Kier alpha value is -1.12. The van der Waals surface area contributed by atoms with E-state index in [4.69, 9.17) is 5.11 Å². The molecule has 0 aromatic carbocycles. The van der Waals surface area contributed by atoms with Crippen LogP contribution in [0.15, 0.2) is 24.3 Å². The molecule has 1 aliphatic carbocycles. The fourth-order valence-electron chi connectivity index (χ4n) is 0.984. The molecule has 1 aliphatic rings. The molecule has 0 aliphatic heterocycles. The lowest BCUT2D eigenvalue weighted by Crippen LogP contribution is -2.38. The number of alkyl halides is 1. The average molecular weight is 156 g/mol. The molecule has 0 aromatic heterocycles. The molecule has 3 heteroatoms. The summed E-state index contributed by atoms with van der Waals surface area (Å²) in [6, 6.07) is 0. The van der Waals surface area contributed by atoms with Crippen LogP contribution in [0.2, 0.25) is 0 Å². The van der Waals surface area contributed by atoms with Gasteiger partial charge in [-0.1, -0.05) is 25.2 Å². The van der Waals surface area contributed by atoms with E-state index in [1.54, 1.807) is 6.08 Å². The Morgan fingerprint density at radius 1 is 1.64 bits per heavy atom. The first-order chi connectivity index (χ1) is 5.07. The van der Waals surface area contributed by atoms with E-state index in [0.29, 0.717) is 0 Å². The number of carboxylic acids is 1. The lowest BCUT2D eigenvalue weighted by Gasteiger charge is -2.23. The fraction of sp³-hybridized carbons (Fsp3) is 0.375. The highest BCUT2D eigenvalue weighted by Crippen LogP contribution is 2.28. The zero-order valence-electron chi connectivity index (χ0n) is 6.12. The molecule has 0 saturated heterocycles. The van der Waals surface area contributed by atoms with E-state index in [1.807, 2.05) is 0 Å². The van der Waals surface area contributed by atoms with Gasteiger partial charge in [-0.25, -0.2) is 9.18 Å². The van der Waals surface area contributed by atoms with E-state index in [-0.39, 0.29) is 0 Å². The number of rotatable bonds is 1. The van der Waals surface area contributed by atoms with Gasteiger partial charge in [0.25, 0.3) is 0 Å². The van der Waals surface area contributed by atoms with Gasteiger partial charge in [-0.15, -0.1) is 0 Å². The number of carboxylic acid groups (broad SMARTS) is 1. The molecule has 0 bridgehead atoms. The third-order valence-electron chi connectivity index (χ3n) is 1.84. The van der Waals surface area contributed by atoms with Crippen LogP contribution in [0.4, 0.5) is 4.39 Å². The predicted molar refractivity (Wildman–Crippen MR) is 38.9 cm³/mol. The quantitative estimate of drug-likeness (QED) is 0.625. The second-order valence-corrected chi connectivity index (χ2v) is 2.61. The van der Waals surface area contributed by atoms with Crippen LogP contribution in [0.25, 0.3) is 0 Å². The maximum atomic E-state index is 13.4. The Labute approximate surface area is 64.0 Å². The van der Waals surface area contributed by atoms with E-state index < -0.39 is 17.6 Å². The van der Waals surface area contributed by atoms with Crippen molar-refractivity contribution < 1.29 is 14.3 Å². The zero-order valence-corrected chi connectivity index (χ0v) is 6.12. The van der Waals surface area contributed by atoms with Gasteiger partial charge in [0.05, 0.1) is 0 Å². The summed E-state index contributed by atoms with van der Waals surface area (Å²) in [6.07, 6.45) is 5.66. The minimum Gasteiger partial charge on any atom is -0.479 e. The van der Waals surface area contributed by atoms with Crippen LogP contribution in [0.1, 0.15) is 6.92 Å². The Morgan fingerprint density at radius 3 is 2.64 bits per heavy atom. The SMILES string of the molecule is CC1C=CC=CC1(F)C(=O)O. The summed E-state index contributed by atoms with van der Waals surface area (Å²) in [5.74, 6) is -2.02. The summed E-state index contributed by atoms with van der Waals surface area (Å²) < 4.78 is 13.4. The van der Waals surface area contributed by atoms with Gasteiger partial charge < -0.3 is 5.11 Å². The van der Waals surface area contributed by atoms with Crippen molar-refractivity contribution in [2.75, 3.05) is 0 Å². The summed E-state index contributed by atoms with van der Waals surface area (Å²) in [7, 11) is 0. The summed E-state index contributed by atoms with van der Waals surface area (Å²) in [6.45, 7) is 1.54. The minimum atomic E-state index is -2.21. The van der Waals surface area contributed by atoms with E-state index in [2.05, 4.69) is 0 Å². The Balaban J connectivity index is 2.94. The molecule has 0 fully saturated rings. The molecule has 2 atom stereocenters. The van der Waals surface area contributed by atoms with E-state index in [0.717, 1.165) is 6.08 Å². The van der Waals surface area contributed by atoms with Gasteiger partial charge in [-0.2, -0.15) is 0 Å². The first kappa shape index (κ1) is 7.98. The van der Waals surface area contributed by atoms with Crippen molar-refractivity contribution >= 4 is 5.97 Å². The number of carbonyl (C=O) groups is 1. The van der Waals surface area contributed by atoms with Crippen LogP contribution in [0, 0.1) is 5.92 Å². The Kier molecular flexibility index (Phi) is 1.81. The lowest BCUT2D eigenvalue weighted by atomic mass is 9.87. The Morgan fingerprint density at radius 2 is 2.27 bits per heavy atom. The molecular formula is C8H9FO2. The summed E-state index contributed by atoms with van der Waals surface area (Å²) in [5.41, 5.74) is -2.21. The molecule has 0 aromatic rings. The summed E-state index contributed by atoms with van der Waals surface area (Å²) >= 11 is 0. The van der Waals surface area contributed by atoms with Gasteiger partial charge in [0, 0.05) is 5.92 Å². The maximum Gasteiger partial charge on any atom is 0.346 e. The summed E-state index contributed by atoms with van der Waals surface area (Å²) in [5, 5.41) is 8.51. The van der Waals surface area contributed by atoms with Crippen molar-refractivity contribution in [3.8, 4) is 0 Å². The van der Waals surface area contributed by atoms with Crippen molar-refractivity contribution in [2.24, 2.45) is 5.92 Å². The van der Waals surface area contributed by atoms with Gasteiger partial charge in [-0.3, -0.25) is 0 Å². The molecule has 11 heavy (non-hydrogen) atoms. The largest absolute Gasteiger partial charge is 0.479 e. The molecule has 1 N–H and O–H groups in total. The molecule has 60 valence electrons. The highest BCUT2D eigenvalue weighted by atomic mass is 19.1. The van der Waals surface area contributed by atoms with Crippen molar-refractivity contribution in [1.29, 1.82) is 0 Å². The molecule has 0 saturated carbocycles. The predicted octanol–water partition coefficient (Wildman–Crippen LogP) is 1.54. The van der Waals surface area contributed by atoms with Crippen LogP contribution in [-0.2, 0) is 4.79 Å². The van der Waals surface area contributed by atoms with E-state index >= 15 is 0 Å². The zero-order chi connectivity index (χ0) is 8.48. The van der Waals surface area contributed by atoms with Crippen LogP contribution in [0.3, 0.4) is 0 Å². The smallest absolute Gasteiger partial charge is 0.346 e. The average Bonchev–Trinajstić information content (AvgIpc) is 1.95. The first-order valence-corrected chi connectivity index (χ1v) is 3.35. The second-order valence-electron chi connectivity index (χ2n) is 2.61. The maximum absolute atomic E-state index is 13.4. The molecule has 0 amide bonds. The van der Waals surface area contributed by atoms with Gasteiger partial charge in [-0.05, 0) is 6.08 Å². The molecular weight excluding hydrogens is 147 g/mol. The number of hydrogen-bond acceptors (Lipinski definition) is 1. The molecule has 1 rings (SSSR count). The topological polar surface area (TPSA) is 37.3 Å². The van der Waals surface area contributed by atoms with Crippen LogP contribution in [-0.4, -0.2) is 16.7 Å². The van der Waals surface area contributed by atoms with Crippen molar-refractivity contribution in [3.05, 3.63) is 24.3 Å². The van der Waals surface area contributed by atoms with Crippen molar-refractivity contribution in [1.82, 2.24) is 0 Å². The molecule has 0 spiro atoms. The van der Waals surface area contributed by atoms with Crippen LogP contribution in [0.5, 0.6) is 0 Å². The third kappa shape index (κ3) is 1.18. The van der Waals surface area contributed by atoms with Gasteiger partial charge >= 0.3 is 5.97 Å². The van der Waals surface area contributed by atoms with Crippen LogP contribution < -0.4 is 0 Å². The highest BCUT2D eigenvalue weighted by molar-refractivity contribution is 5.81. The number of hydrogen-bond donors (Lipinski definition) is 1. The van der Waals surface area contributed by atoms with Crippen LogP contribution >= 0.6 is 0 Å². The molecule has 2 unspecified atom stereocenters. The minimum absolute atomic E-state index is 0.593. The van der Waals surface area contributed by atoms with Gasteiger partial charge in [0.15, 0.2) is 0 Å². The van der Waals surface area contributed by atoms with Gasteiger partial charge in [0.2, 0.25) is 5.67 Å². The van der Waals surface area contributed by atoms with Crippen molar-refractivity contribution in [3.63, 3.8) is 0 Å². The number of halogens is 1. The highest BCUT2D eigenvalue weighted by Gasteiger charge is 2.41. The first-order valence-electron chi connectivity index (χ1n) is 3.35. The normalized spacial score (nSPS) is 35.6. The number of allylic oxidation sites excluding steroid dienone is 3. The van der Waals surface area contributed by atoms with Crippen molar-refractivity contribution in [2.45, 2.75) is 12.6 Å². The number of aliphatic carboxylic acids is 1. The molecule has 2 nitrogen and oxygen atoms in total. The molecule has 0 heterocycles. The monoisotopic (exact) mass is 156 g/mol. The summed E-state index contributed by atoms with van der Waals surface area (Å²) in [4.78, 5) is 10.4. The standard InChI is InChI=1S/C8H9FO2/c1-6-4-2-3-5-8(6,9)7(10)11/h2-6H,1H3,(H,10,11). The Bertz CT molecular complexity index is 232. The molecule has 0 radical (unpaired) electrons. The third-order valence-corrected chi connectivity index (χ3v) is 1.84.